The van der Waals surface area contributed by atoms with Crippen LogP contribution in [0.15, 0.2) is 36.4 Å². The molecule has 2 aromatic rings. The van der Waals surface area contributed by atoms with Crippen LogP contribution in [0.2, 0.25) is 5.02 Å². The molecule has 0 atom stereocenters. The number of hydrogen-bond donors (Lipinski definition) is 2. The predicted molar refractivity (Wildman–Crippen MR) is 98.3 cm³/mol. The Balaban J connectivity index is 1.93. The lowest BCUT2D eigenvalue weighted by Gasteiger charge is -2.13. The van der Waals surface area contributed by atoms with Crippen molar-refractivity contribution in [3.8, 4) is 17.2 Å². The Labute approximate surface area is 152 Å². The van der Waals surface area contributed by atoms with Gasteiger partial charge >= 0.3 is 6.03 Å². The van der Waals surface area contributed by atoms with E-state index in [9.17, 15) is 4.79 Å². The van der Waals surface area contributed by atoms with Gasteiger partial charge in [0.2, 0.25) is 0 Å². The molecule has 0 aliphatic rings. The number of carbonyl (C=O) groups excluding carboxylic acids is 1. The van der Waals surface area contributed by atoms with Gasteiger partial charge in [0.25, 0.3) is 0 Å². The van der Waals surface area contributed by atoms with Crippen molar-refractivity contribution in [3.05, 3.63) is 47.0 Å². The Morgan fingerprint density at radius 2 is 1.80 bits per heavy atom. The monoisotopic (exact) mass is 364 g/mol. The van der Waals surface area contributed by atoms with Crippen molar-refractivity contribution in [2.24, 2.45) is 0 Å². The molecule has 134 valence electrons. The van der Waals surface area contributed by atoms with Crippen LogP contribution in [0.3, 0.4) is 0 Å². The van der Waals surface area contributed by atoms with E-state index >= 15 is 0 Å². The third kappa shape index (κ3) is 5.19. The molecule has 0 aliphatic carbocycles. The Bertz CT molecular complexity index is 737. The van der Waals surface area contributed by atoms with Crippen LogP contribution < -0.4 is 24.8 Å². The van der Waals surface area contributed by atoms with Gasteiger partial charge in [-0.05, 0) is 24.1 Å². The maximum atomic E-state index is 12.1. The Hall–Kier alpha value is -2.60. The molecule has 0 bridgehead atoms. The predicted octanol–water partition coefficient (Wildman–Crippen LogP) is 3.73. The van der Waals surface area contributed by atoms with E-state index in [4.69, 9.17) is 25.8 Å². The van der Waals surface area contributed by atoms with Crippen molar-refractivity contribution in [1.82, 2.24) is 5.32 Å². The summed E-state index contributed by atoms with van der Waals surface area (Å²) in [4.78, 5) is 12.1. The zero-order valence-electron chi connectivity index (χ0n) is 14.4. The number of methoxy groups -OCH3 is 3. The van der Waals surface area contributed by atoms with Crippen molar-refractivity contribution >= 4 is 23.3 Å². The molecule has 6 nitrogen and oxygen atoms in total. The Morgan fingerprint density at radius 1 is 1.04 bits per heavy atom. The van der Waals surface area contributed by atoms with Crippen molar-refractivity contribution in [2.45, 2.75) is 6.42 Å². The minimum Gasteiger partial charge on any atom is -0.497 e. The SMILES string of the molecule is COc1cccc(CCNC(=O)Nc2cc(OC)c(Cl)cc2OC)c1. The van der Waals surface area contributed by atoms with Gasteiger partial charge in [0.05, 0.1) is 32.0 Å². The first-order valence-corrected chi connectivity index (χ1v) is 8.04. The number of carbonyl (C=O) groups is 1. The smallest absolute Gasteiger partial charge is 0.319 e. The van der Waals surface area contributed by atoms with Crippen molar-refractivity contribution in [2.75, 3.05) is 33.2 Å². The lowest BCUT2D eigenvalue weighted by atomic mass is 10.1. The average molecular weight is 365 g/mol. The van der Waals surface area contributed by atoms with E-state index in [2.05, 4.69) is 10.6 Å². The van der Waals surface area contributed by atoms with Gasteiger partial charge in [-0.3, -0.25) is 0 Å². The van der Waals surface area contributed by atoms with Crippen LogP contribution in [0.4, 0.5) is 10.5 Å². The molecule has 2 rings (SSSR count). The van der Waals surface area contributed by atoms with Crippen LogP contribution in [-0.4, -0.2) is 33.9 Å². The standard InChI is InChI=1S/C18H21ClN2O4/c1-23-13-6-4-5-12(9-13)7-8-20-18(22)21-15-11-16(24-2)14(19)10-17(15)25-3/h4-6,9-11H,7-8H2,1-3H3,(H2,20,21,22). The number of hydrogen-bond acceptors (Lipinski definition) is 4. The van der Waals surface area contributed by atoms with Crippen LogP contribution in [0.5, 0.6) is 17.2 Å². The third-order valence-electron chi connectivity index (χ3n) is 3.56. The van der Waals surface area contributed by atoms with Crippen LogP contribution in [0.25, 0.3) is 0 Å². The highest BCUT2D eigenvalue weighted by Gasteiger charge is 2.12. The molecule has 2 N–H and O–H groups in total. The molecular formula is C18H21ClN2O4. The van der Waals surface area contributed by atoms with Gasteiger partial charge in [0.15, 0.2) is 0 Å². The quantitative estimate of drug-likeness (QED) is 0.785. The molecule has 2 amide bonds. The summed E-state index contributed by atoms with van der Waals surface area (Å²) in [6.45, 7) is 0.478. The fourth-order valence-electron chi connectivity index (χ4n) is 2.27. The molecule has 0 aromatic heterocycles. The first-order chi connectivity index (χ1) is 12.1. The number of benzene rings is 2. The molecule has 0 fully saturated rings. The topological polar surface area (TPSA) is 68.8 Å². The number of urea groups is 1. The minimum absolute atomic E-state index is 0.342. The normalized spacial score (nSPS) is 10.1. The lowest BCUT2D eigenvalue weighted by Crippen LogP contribution is -2.30. The fraction of sp³-hybridized carbons (Fsp3) is 0.278. The van der Waals surface area contributed by atoms with E-state index in [1.165, 1.54) is 14.2 Å². The highest BCUT2D eigenvalue weighted by atomic mass is 35.5. The highest BCUT2D eigenvalue weighted by Crippen LogP contribution is 2.35. The molecule has 25 heavy (non-hydrogen) atoms. The fourth-order valence-corrected chi connectivity index (χ4v) is 2.50. The zero-order valence-corrected chi connectivity index (χ0v) is 15.1. The number of amides is 2. The summed E-state index contributed by atoms with van der Waals surface area (Å²) < 4.78 is 15.6. The summed E-state index contributed by atoms with van der Waals surface area (Å²) in [6, 6.07) is 10.6. The summed E-state index contributed by atoms with van der Waals surface area (Å²) in [5, 5.41) is 5.94. The maximum absolute atomic E-state index is 12.1. The maximum Gasteiger partial charge on any atom is 0.319 e. The van der Waals surface area contributed by atoms with Gasteiger partial charge < -0.3 is 24.8 Å². The molecular weight excluding hydrogens is 344 g/mol. The zero-order chi connectivity index (χ0) is 18.2. The Kier molecular flexibility index (Phi) is 6.77. The number of ether oxygens (including phenoxy) is 3. The second-order valence-corrected chi connectivity index (χ2v) is 5.58. The lowest BCUT2D eigenvalue weighted by molar-refractivity contribution is 0.252. The van der Waals surface area contributed by atoms with Gasteiger partial charge in [-0.1, -0.05) is 23.7 Å². The van der Waals surface area contributed by atoms with E-state index in [-0.39, 0.29) is 6.03 Å². The molecule has 7 heteroatoms. The largest absolute Gasteiger partial charge is 0.497 e. The van der Waals surface area contributed by atoms with E-state index < -0.39 is 0 Å². The van der Waals surface area contributed by atoms with E-state index in [0.717, 1.165) is 11.3 Å². The van der Waals surface area contributed by atoms with Gasteiger partial charge in [0, 0.05) is 18.7 Å². The van der Waals surface area contributed by atoms with Gasteiger partial charge in [-0.25, -0.2) is 4.79 Å². The van der Waals surface area contributed by atoms with Crippen LogP contribution in [0, 0.1) is 0 Å². The summed E-state index contributed by atoms with van der Waals surface area (Å²) in [6.07, 6.45) is 0.686. The summed E-state index contributed by atoms with van der Waals surface area (Å²) >= 11 is 6.05. The molecule has 0 radical (unpaired) electrons. The Morgan fingerprint density at radius 3 is 2.48 bits per heavy atom. The molecule has 0 aliphatic heterocycles. The van der Waals surface area contributed by atoms with Crippen molar-refractivity contribution < 1.29 is 19.0 Å². The van der Waals surface area contributed by atoms with Crippen LogP contribution >= 0.6 is 11.6 Å². The summed E-state index contributed by atoms with van der Waals surface area (Å²) in [7, 11) is 4.63. The van der Waals surface area contributed by atoms with Gasteiger partial charge in [0.1, 0.15) is 17.2 Å². The summed E-state index contributed by atoms with van der Waals surface area (Å²) in [5.74, 6) is 1.70. The molecule has 0 heterocycles. The van der Waals surface area contributed by atoms with Crippen LogP contribution in [-0.2, 0) is 6.42 Å². The number of rotatable bonds is 7. The van der Waals surface area contributed by atoms with Crippen molar-refractivity contribution in [3.63, 3.8) is 0 Å². The van der Waals surface area contributed by atoms with Gasteiger partial charge in [-0.15, -0.1) is 0 Å². The summed E-state index contributed by atoms with van der Waals surface area (Å²) in [5.41, 5.74) is 1.55. The molecule has 0 saturated carbocycles. The van der Waals surface area contributed by atoms with E-state index in [1.54, 1.807) is 19.2 Å². The van der Waals surface area contributed by atoms with E-state index in [1.807, 2.05) is 24.3 Å². The third-order valence-corrected chi connectivity index (χ3v) is 3.85. The second-order valence-electron chi connectivity index (χ2n) is 5.17. The molecule has 2 aromatic carbocycles. The molecule has 0 unspecified atom stereocenters. The minimum atomic E-state index is -0.342. The first-order valence-electron chi connectivity index (χ1n) is 7.66. The molecule has 0 spiro atoms. The molecule has 0 saturated heterocycles. The van der Waals surface area contributed by atoms with E-state index in [0.29, 0.717) is 35.2 Å². The highest BCUT2D eigenvalue weighted by molar-refractivity contribution is 6.32. The van der Waals surface area contributed by atoms with Crippen LogP contribution in [0.1, 0.15) is 5.56 Å². The van der Waals surface area contributed by atoms with Gasteiger partial charge in [-0.2, -0.15) is 0 Å². The average Bonchev–Trinajstić information content (AvgIpc) is 2.63. The van der Waals surface area contributed by atoms with Crippen molar-refractivity contribution in [1.29, 1.82) is 0 Å². The first kappa shape index (κ1) is 18.7. The second kappa shape index (κ2) is 9.03. The number of nitrogens with one attached hydrogen (secondary N) is 2. The number of halogens is 1. The number of anilines is 1.